The average molecular weight is 247 g/mol. The molecule has 0 aliphatic heterocycles. The highest BCUT2D eigenvalue weighted by atomic mass is 32.1. The number of aromatic nitrogens is 1. The van der Waals surface area contributed by atoms with Crippen molar-refractivity contribution in [1.29, 1.82) is 0 Å². The zero-order valence-corrected chi connectivity index (χ0v) is 10.7. The van der Waals surface area contributed by atoms with Crippen LogP contribution in [0.15, 0.2) is 35.7 Å². The molecule has 3 nitrogen and oxygen atoms in total. The number of hydrogen-bond donors (Lipinski definition) is 2. The molecule has 1 atom stereocenters. The Hall–Kier alpha value is -1.55. The quantitative estimate of drug-likeness (QED) is 0.847. The van der Waals surface area contributed by atoms with Gasteiger partial charge in [-0.15, -0.1) is 11.3 Å². The van der Waals surface area contributed by atoms with Crippen LogP contribution < -0.4 is 11.1 Å². The summed E-state index contributed by atoms with van der Waals surface area (Å²) in [7, 11) is 0. The van der Waals surface area contributed by atoms with E-state index in [-0.39, 0.29) is 0 Å². The molecule has 2 heterocycles. The van der Waals surface area contributed by atoms with E-state index in [9.17, 15) is 0 Å². The number of nitrogens with zero attached hydrogens (tertiary/aromatic N) is 1. The van der Waals surface area contributed by atoms with Gasteiger partial charge in [-0.3, -0.25) is 0 Å². The van der Waals surface area contributed by atoms with Crippen molar-refractivity contribution in [2.75, 3.05) is 11.1 Å². The fourth-order valence-electron chi connectivity index (χ4n) is 1.77. The van der Waals surface area contributed by atoms with Gasteiger partial charge in [0.25, 0.3) is 0 Å². The van der Waals surface area contributed by atoms with E-state index in [4.69, 9.17) is 5.73 Å². The third kappa shape index (κ3) is 3.20. The molecule has 0 aliphatic rings. The van der Waals surface area contributed by atoms with Crippen molar-refractivity contribution in [3.63, 3.8) is 0 Å². The molecule has 0 aromatic carbocycles. The number of thiophene rings is 1. The Labute approximate surface area is 106 Å². The molecule has 0 fully saturated rings. The molecule has 17 heavy (non-hydrogen) atoms. The molecule has 90 valence electrons. The Morgan fingerprint density at radius 3 is 2.88 bits per heavy atom. The second kappa shape index (κ2) is 5.68. The first-order valence-electron chi connectivity index (χ1n) is 5.82. The molecule has 0 aliphatic carbocycles. The van der Waals surface area contributed by atoms with E-state index in [1.54, 1.807) is 17.4 Å². The molecule has 2 aromatic heterocycles. The van der Waals surface area contributed by atoms with Crippen molar-refractivity contribution >= 4 is 23.0 Å². The molecule has 0 spiro atoms. The van der Waals surface area contributed by atoms with Crippen molar-refractivity contribution in [1.82, 2.24) is 4.98 Å². The lowest BCUT2D eigenvalue weighted by Crippen LogP contribution is -2.10. The van der Waals surface area contributed by atoms with Crippen LogP contribution in [-0.4, -0.2) is 4.98 Å². The van der Waals surface area contributed by atoms with Gasteiger partial charge < -0.3 is 11.1 Å². The highest BCUT2D eigenvalue weighted by Gasteiger charge is 2.11. The summed E-state index contributed by atoms with van der Waals surface area (Å²) in [6, 6.07) is 10.2. The van der Waals surface area contributed by atoms with Crippen molar-refractivity contribution in [2.45, 2.75) is 25.8 Å². The van der Waals surface area contributed by atoms with E-state index < -0.39 is 0 Å². The molecule has 0 saturated carbocycles. The molecule has 0 saturated heterocycles. The van der Waals surface area contributed by atoms with Gasteiger partial charge in [0.1, 0.15) is 11.6 Å². The second-order valence-corrected chi connectivity index (χ2v) is 4.93. The maximum Gasteiger partial charge on any atom is 0.128 e. The largest absolute Gasteiger partial charge is 0.384 e. The van der Waals surface area contributed by atoms with Crippen LogP contribution in [0.3, 0.4) is 0 Å². The number of rotatable bonds is 5. The average Bonchev–Trinajstić information content (AvgIpc) is 2.82. The minimum Gasteiger partial charge on any atom is -0.384 e. The Kier molecular flexibility index (Phi) is 3.98. The second-order valence-electron chi connectivity index (χ2n) is 3.95. The summed E-state index contributed by atoms with van der Waals surface area (Å²) in [6.07, 6.45) is 2.23. The lowest BCUT2D eigenvalue weighted by molar-refractivity contribution is 0.685. The van der Waals surface area contributed by atoms with Gasteiger partial charge in [0.2, 0.25) is 0 Å². The predicted molar refractivity (Wildman–Crippen MR) is 74.2 cm³/mol. The number of nitrogens with one attached hydrogen (secondary N) is 1. The highest BCUT2D eigenvalue weighted by molar-refractivity contribution is 7.10. The Morgan fingerprint density at radius 2 is 2.24 bits per heavy atom. The number of nitrogen functional groups attached to an aromatic ring is 1. The Morgan fingerprint density at radius 1 is 1.35 bits per heavy atom. The van der Waals surface area contributed by atoms with Crippen LogP contribution in [0.5, 0.6) is 0 Å². The molecule has 3 N–H and O–H groups in total. The molecule has 2 rings (SSSR count). The van der Waals surface area contributed by atoms with E-state index in [1.165, 1.54) is 4.88 Å². The smallest absolute Gasteiger partial charge is 0.128 e. The molecule has 0 amide bonds. The molecule has 2 aromatic rings. The van der Waals surface area contributed by atoms with Gasteiger partial charge in [-0.2, -0.15) is 0 Å². The van der Waals surface area contributed by atoms with E-state index >= 15 is 0 Å². The van der Waals surface area contributed by atoms with Crippen LogP contribution in [0.25, 0.3) is 0 Å². The summed E-state index contributed by atoms with van der Waals surface area (Å²) >= 11 is 1.77. The van der Waals surface area contributed by atoms with Gasteiger partial charge in [0.05, 0.1) is 6.04 Å². The maximum atomic E-state index is 5.68. The van der Waals surface area contributed by atoms with Crippen molar-refractivity contribution in [3.05, 3.63) is 40.6 Å². The Bertz CT molecular complexity index is 453. The zero-order chi connectivity index (χ0) is 12.1. The number of pyridine rings is 1. The summed E-state index contributed by atoms with van der Waals surface area (Å²) in [6.45, 7) is 2.19. The first-order chi connectivity index (χ1) is 8.29. The monoisotopic (exact) mass is 247 g/mol. The van der Waals surface area contributed by atoms with Crippen LogP contribution in [0, 0.1) is 0 Å². The van der Waals surface area contributed by atoms with Gasteiger partial charge >= 0.3 is 0 Å². The maximum absolute atomic E-state index is 5.68. The standard InChI is InChI=1S/C13H17N3S/c1-2-5-10(11-6-4-9-17-11)15-13-8-3-7-12(14)16-13/h3-4,6-10H,2,5H2,1H3,(H3,14,15,16). The minimum absolute atomic E-state index is 0.328. The van der Waals surface area contributed by atoms with Crippen LogP contribution in [-0.2, 0) is 0 Å². The number of nitrogens with two attached hydrogens (primary N) is 1. The van der Waals surface area contributed by atoms with Crippen LogP contribution in [0.2, 0.25) is 0 Å². The minimum atomic E-state index is 0.328. The topological polar surface area (TPSA) is 50.9 Å². The number of anilines is 2. The first kappa shape index (κ1) is 11.9. The van der Waals surface area contributed by atoms with Crippen molar-refractivity contribution in [3.8, 4) is 0 Å². The van der Waals surface area contributed by atoms with Crippen LogP contribution >= 0.6 is 11.3 Å². The first-order valence-corrected chi connectivity index (χ1v) is 6.70. The van der Waals surface area contributed by atoms with E-state index in [1.807, 2.05) is 12.1 Å². The SMILES string of the molecule is CCCC(Nc1cccc(N)n1)c1cccs1. The third-order valence-electron chi connectivity index (χ3n) is 2.56. The summed E-state index contributed by atoms with van der Waals surface area (Å²) in [5.74, 6) is 1.40. The molecule has 0 bridgehead atoms. The molecule has 1 unspecified atom stereocenters. The summed E-state index contributed by atoms with van der Waals surface area (Å²) in [4.78, 5) is 5.62. The molecular formula is C13H17N3S. The van der Waals surface area contributed by atoms with Crippen molar-refractivity contribution in [2.24, 2.45) is 0 Å². The van der Waals surface area contributed by atoms with E-state index in [0.29, 0.717) is 11.9 Å². The van der Waals surface area contributed by atoms with Crippen LogP contribution in [0.4, 0.5) is 11.6 Å². The lowest BCUT2D eigenvalue weighted by atomic mass is 10.1. The zero-order valence-electron chi connectivity index (χ0n) is 9.89. The fraction of sp³-hybridized carbons (Fsp3) is 0.308. The normalized spacial score (nSPS) is 12.3. The van der Waals surface area contributed by atoms with Gasteiger partial charge in [0.15, 0.2) is 0 Å². The van der Waals surface area contributed by atoms with Gasteiger partial charge in [-0.1, -0.05) is 25.5 Å². The highest BCUT2D eigenvalue weighted by Crippen LogP contribution is 2.26. The van der Waals surface area contributed by atoms with Gasteiger partial charge in [-0.25, -0.2) is 4.98 Å². The summed E-state index contributed by atoms with van der Waals surface area (Å²) in [5, 5.41) is 5.55. The number of hydrogen-bond acceptors (Lipinski definition) is 4. The van der Waals surface area contributed by atoms with E-state index in [2.05, 4.69) is 34.7 Å². The van der Waals surface area contributed by atoms with Crippen LogP contribution in [0.1, 0.15) is 30.7 Å². The lowest BCUT2D eigenvalue weighted by Gasteiger charge is -2.17. The molecule has 4 heteroatoms. The summed E-state index contributed by atoms with van der Waals surface area (Å²) in [5.41, 5.74) is 5.68. The third-order valence-corrected chi connectivity index (χ3v) is 3.54. The van der Waals surface area contributed by atoms with Gasteiger partial charge in [-0.05, 0) is 30.0 Å². The molecule has 0 radical (unpaired) electrons. The van der Waals surface area contributed by atoms with Gasteiger partial charge in [0, 0.05) is 4.88 Å². The predicted octanol–water partition coefficient (Wildman–Crippen LogP) is 3.68. The Balaban J connectivity index is 2.13. The molecular weight excluding hydrogens is 230 g/mol. The fourth-order valence-corrected chi connectivity index (χ4v) is 2.59. The van der Waals surface area contributed by atoms with E-state index in [0.717, 1.165) is 18.7 Å². The summed E-state index contributed by atoms with van der Waals surface area (Å²) < 4.78 is 0. The van der Waals surface area contributed by atoms with Crippen molar-refractivity contribution < 1.29 is 0 Å².